The van der Waals surface area contributed by atoms with Crippen molar-refractivity contribution in [1.29, 1.82) is 0 Å². The van der Waals surface area contributed by atoms with Crippen molar-refractivity contribution in [2.45, 2.75) is 19.3 Å². The van der Waals surface area contributed by atoms with Gasteiger partial charge in [-0.05, 0) is 25.5 Å². The quantitative estimate of drug-likeness (QED) is 0.813. The van der Waals surface area contributed by atoms with Crippen molar-refractivity contribution < 1.29 is 0 Å². The summed E-state index contributed by atoms with van der Waals surface area (Å²) in [6, 6.07) is 1.84. The zero-order chi connectivity index (χ0) is 10.5. The van der Waals surface area contributed by atoms with Crippen LogP contribution in [0.3, 0.4) is 0 Å². The Hall–Kier alpha value is -1.64. The van der Waals surface area contributed by atoms with Crippen molar-refractivity contribution >= 4 is 0 Å². The fraction of sp³-hybridized carbons (Fsp3) is 0.333. The molecule has 1 N–H and O–H groups in total. The molecule has 3 nitrogen and oxygen atoms in total. The second kappa shape index (κ2) is 4.73. The van der Waals surface area contributed by atoms with Crippen molar-refractivity contribution in [3.63, 3.8) is 0 Å². The van der Waals surface area contributed by atoms with Crippen LogP contribution in [0.25, 0.3) is 0 Å². The van der Waals surface area contributed by atoms with Crippen molar-refractivity contribution in [2.75, 3.05) is 6.54 Å². The molecule has 0 bridgehead atoms. The predicted molar refractivity (Wildman–Crippen MR) is 60.3 cm³/mol. The van der Waals surface area contributed by atoms with Crippen LogP contribution in [-0.4, -0.2) is 16.5 Å². The lowest BCUT2D eigenvalue weighted by atomic mass is 9.98. The molecule has 1 atom stereocenters. The van der Waals surface area contributed by atoms with Crippen LogP contribution in [0.4, 0.5) is 0 Å². The van der Waals surface area contributed by atoms with Crippen LogP contribution < -0.4 is 5.32 Å². The second-order valence-corrected chi connectivity index (χ2v) is 3.50. The van der Waals surface area contributed by atoms with E-state index in [1.165, 1.54) is 5.70 Å². The summed E-state index contributed by atoms with van der Waals surface area (Å²) in [5, 5.41) is 3.29. The third-order valence-electron chi connectivity index (χ3n) is 2.40. The van der Waals surface area contributed by atoms with E-state index in [-0.39, 0.29) is 0 Å². The largest absolute Gasteiger partial charge is 0.386 e. The molecule has 0 aromatic carbocycles. The second-order valence-electron chi connectivity index (χ2n) is 3.50. The Kier molecular flexibility index (Phi) is 3.12. The van der Waals surface area contributed by atoms with Gasteiger partial charge in [0, 0.05) is 30.6 Å². The normalized spacial score (nSPS) is 19.8. The van der Waals surface area contributed by atoms with Crippen LogP contribution in [0.15, 0.2) is 42.4 Å². The highest BCUT2D eigenvalue weighted by Gasteiger charge is 2.12. The van der Waals surface area contributed by atoms with Gasteiger partial charge in [0.15, 0.2) is 0 Å². The van der Waals surface area contributed by atoms with Crippen LogP contribution in [0.5, 0.6) is 0 Å². The molecule has 15 heavy (non-hydrogen) atoms. The molecule has 0 saturated heterocycles. The molecule has 0 aliphatic heterocycles. The van der Waals surface area contributed by atoms with Crippen molar-refractivity contribution in [1.82, 2.24) is 15.3 Å². The molecule has 3 heteroatoms. The highest BCUT2D eigenvalue weighted by atomic mass is 14.9. The van der Waals surface area contributed by atoms with Crippen LogP contribution in [0.2, 0.25) is 0 Å². The smallest absolute Gasteiger partial charge is 0.135 e. The lowest BCUT2D eigenvalue weighted by molar-refractivity contribution is 0.748. The first-order valence-corrected chi connectivity index (χ1v) is 5.29. The van der Waals surface area contributed by atoms with Gasteiger partial charge in [0.1, 0.15) is 5.82 Å². The zero-order valence-corrected chi connectivity index (χ0v) is 8.85. The van der Waals surface area contributed by atoms with E-state index >= 15 is 0 Å². The van der Waals surface area contributed by atoms with Crippen molar-refractivity contribution in [3.8, 4) is 0 Å². The summed E-state index contributed by atoms with van der Waals surface area (Å²) in [5.41, 5.74) is 1.20. The van der Waals surface area contributed by atoms with E-state index in [4.69, 9.17) is 0 Å². The van der Waals surface area contributed by atoms with Crippen molar-refractivity contribution in [2.24, 2.45) is 0 Å². The molecule has 78 valence electrons. The van der Waals surface area contributed by atoms with Gasteiger partial charge in [-0.15, -0.1) is 0 Å². The Bertz CT molecular complexity index is 368. The zero-order valence-electron chi connectivity index (χ0n) is 8.85. The molecule has 1 aromatic rings. The standard InChI is InChI=1S/C12H15N3/c1-2-13-11-6-4-10(5-7-11)12-14-8-3-9-15-12/h3-4,6-10,13H,2,5H2,1H3. The topological polar surface area (TPSA) is 37.8 Å². The van der Waals surface area contributed by atoms with E-state index in [9.17, 15) is 0 Å². The van der Waals surface area contributed by atoms with E-state index in [1.807, 2.05) is 6.07 Å². The average molecular weight is 201 g/mol. The first-order chi connectivity index (χ1) is 7.40. The molecule has 0 radical (unpaired) electrons. The SMILES string of the molecule is CCNC1=CCC(c2ncccn2)C=C1. The Morgan fingerprint density at radius 1 is 1.40 bits per heavy atom. The summed E-state index contributed by atoms with van der Waals surface area (Å²) in [7, 11) is 0. The minimum absolute atomic E-state index is 0.327. The van der Waals surface area contributed by atoms with Gasteiger partial charge in [-0.25, -0.2) is 9.97 Å². The van der Waals surface area contributed by atoms with Crippen LogP contribution in [0.1, 0.15) is 25.1 Å². The molecular weight excluding hydrogens is 186 g/mol. The molecule has 2 rings (SSSR count). The maximum atomic E-state index is 4.26. The van der Waals surface area contributed by atoms with E-state index in [0.29, 0.717) is 5.92 Å². The average Bonchev–Trinajstić information content (AvgIpc) is 2.32. The number of allylic oxidation sites excluding steroid dienone is 3. The molecule has 0 amide bonds. The fourth-order valence-electron chi connectivity index (χ4n) is 1.65. The third kappa shape index (κ3) is 2.43. The van der Waals surface area contributed by atoms with Crippen LogP contribution >= 0.6 is 0 Å². The molecule has 0 saturated carbocycles. The van der Waals surface area contributed by atoms with E-state index in [0.717, 1.165) is 18.8 Å². The molecule has 0 spiro atoms. The van der Waals surface area contributed by atoms with Gasteiger partial charge in [-0.2, -0.15) is 0 Å². The van der Waals surface area contributed by atoms with Gasteiger partial charge in [-0.1, -0.05) is 12.2 Å². The Morgan fingerprint density at radius 2 is 2.20 bits per heavy atom. The van der Waals surface area contributed by atoms with Crippen molar-refractivity contribution in [3.05, 3.63) is 48.2 Å². The molecule has 1 aliphatic rings. The lowest BCUT2D eigenvalue weighted by Gasteiger charge is -2.15. The number of nitrogens with one attached hydrogen (secondary N) is 1. The molecule has 0 fully saturated rings. The highest BCUT2D eigenvalue weighted by Crippen LogP contribution is 2.22. The number of hydrogen-bond donors (Lipinski definition) is 1. The summed E-state index contributed by atoms with van der Waals surface area (Å²) in [4.78, 5) is 8.52. The van der Waals surface area contributed by atoms with Gasteiger partial charge in [0.05, 0.1) is 0 Å². The monoisotopic (exact) mass is 201 g/mol. The third-order valence-corrected chi connectivity index (χ3v) is 2.40. The first kappa shape index (κ1) is 9.90. The Labute approximate surface area is 90.0 Å². The minimum Gasteiger partial charge on any atom is -0.386 e. The van der Waals surface area contributed by atoms with Gasteiger partial charge < -0.3 is 5.32 Å². The maximum Gasteiger partial charge on any atom is 0.135 e. The van der Waals surface area contributed by atoms with E-state index < -0.39 is 0 Å². The molecule has 1 aromatic heterocycles. The molecule has 1 heterocycles. The van der Waals surface area contributed by atoms with Gasteiger partial charge in [-0.3, -0.25) is 0 Å². The van der Waals surface area contributed by atoms with Gasteiger partial charge >= 0.3 is 0 Å². The molecule has 1 unspecified atom stereocenters. The van der Waals surface area contributed by atoms with Crippen LogP contribution in [0, 0.1) is 0 Å². The maximum absolute atomic E-state index is 4.26. The fourth-order valence-corrected chi connectivity index (χ4v) is 1.65. The predicted octanol–water partition coefficient (Wildman–Crippen LogP) is 2.01. The van der Waals surface area contributed by atoms with Crippen LogP contribution in [-0.2, 0) is 0 Å². The minimum atomic E-state index is 0.327. The number of rotatable bonds is 3. The Balaban J connectivity index is 2.04. The summed E-state index contributed by atoms with van der Waals surface area (Å²) >= 11 is 0. The number of hydrogen-bond acceptors (Lipinski definition) is 3. The van der Waals surface area contributed by atoms with Gasteiger partial charge in [0.2, 0.25) is 0 Å². The summed E-state index contributed by atoms with van der Waals surface area (Å²) in [6.07, 6.45) is 11.0. The number of nitrogens with zero attached hydrogens (tertiary/aromatic N) is 2. The Morgan fingerprint density at radius 3 is 2.80 bits per heavy atom. The summed E-state index contributed by atoms with van der Waals surface area (Å²) in [6.45, 7) is 3.06. The number of aromatic nitrogens is 2. The summed E-state index contributed by atoms with van der Waals surface area (Å²) < 4.78 is 0. The highest BCUT2D eigenvalue weighted by molar-refractivity contribution is 5.26. The van der Waals surface area contributed by atoms with E-state index in [2.05, 4.69) is 40.4 Å². The van der Waals surface area contributed by atoms with Gasteiger partial charge in [0.25, 0.3) is 0 Å². The summed E-state index contributed by atoms with van der Waals surface area (Å²) in [5.74, 6) is 1.23. The van der Waals surface area contributed by atoms with E-state index in [1.54, 1.807) is 12.4 Å². The molecule has 1 aliphatic carbocycles. The molecular formula is C12H15N3. The number of likely N-dealkylation sites (N-methyl/N-ethyl adjacent to an activating group) is 1. The lowest BCUT2D eigenvalue weighted by Crippen LogP contribution is -2.13. The first-order valence-electron chi connectivity index (χ1n) is 5.29.